The van der Waals surface area contributed by atoms with Gasteiger partial charge >= 0.3 is 0 Å². The van der Waals surface area contributed by atoms with E-state index in [9.17, 15) is 0 Å². The maximum absolute atomic E-state index is 2.42. The van der Waals surface area contributed by atoms with E-state index >= 15 is 0 Å². The number of rotatable bonds is 23. The van der Waals surface area contributed by atoms with Crippen LogP contribution in [0.3, 0.4) is 0 Å². The molecule has 75 heavy (non-hydrogen) atoms. The first-order valence-electron chi connectivity index (χ1n) is 34.3. The summed E-state index contributed by atoms with van der Waals surface area (Å²) in [7, 11) is 0. The van der Waals surface area contributed by atoms with E-state index in [0.717, 1.165) is 75.4 Å². The Bertz CT molecular complexity index is 1320. The molecule has 0 unspecified atom stereocenters. The summed E-state index contributed by atoms with van der Waals surface area (Å²) in [5, 5.41) is 0. The van der Waals surface area contributed by atoms with Crippen LogP contribution in [0.2, 0.25) is 0 Å². The normalized spacial score (nSPS) is 18.2. The average Bonchev–Trinajstić information content (AvgIpc) is 4.15. The Hall–Kier alpha value is -0.780. The second-order valence-electron chi connectivity index (χ2n) is 29.6. The van der Waals surface area contributed by atoms with Gasteiger partial charge in [-0.2, -0.15) is 0 Å². The fourth-order valence-electron chi connectivity index (χ4n) is 12.1. The van der Waals surface area contributed by atoms with E-state index in [1.54, 1.807) is 0 Å². The predicted octanol–water partition coefficient (Wildman–Crippen LogP) is 26.9. The first-order chi connectivity index (χ1) is 35.3. The summed E-state index contributed by atoms with van der Waals surface area (Å²) in [5.41, 5.74) is 4.32. The molecule has 0 bridgehead atoms. The largest absolute Gasteiger partial charge is 0.0654 e. The van der Waals surface area contributed by atoms with Crippen LogP contribution in [0.5, 0.6) is 0 Å². The van der Waals surface area contributed by atoms with Gasteiger partial charge < -0.3 is 0 Å². The van der Waals surface area contributed by atoms with E-state index in [4.69, 9.17) is 0 Å². The average molecular weight is 1050 g/mol. The Balaban J connectivity index is 0. The molecule has 0 amide bonds. The second-order valence-corrected chi connectivity index (χ2v) is 29.6. The van der Waals surface area contributed by atoms with E-state index in [2.05, 4.69) is 190 Å². The Morgan fingerprint density at radius 2 is 0.893 bits per heavy atom. The van der Waals surface area contributed by atoms with Gasteiger partial charge in [0, 0.05) is 0 Å². The molecule has 1 aromatic rings. The second kappa shape index (κ2) is 43.9. The van der Waals surface area contributed by atoms with E-state index in [-0.39, 0.29) is 0 Å². The lowest BCUT2D eigenvalue weighted by Crippen LogP contribution is -2.34. The highest BCUT2D eigenvalue weighted by Crippen LogP contribution is 2.53. The molecular formula is C75H148. The van der Waals surface area contributed by atoms with Crippen molar-refractivity contribution < 1.29 is 0 Å². The van der Waals surface area contributed by atoms with Crippen LogP contribution in [0.25, 0.3) is 0 Å². The third-order valence-corrected chi connectivity index (χ3v) is 20.3. The fraction of sp³-hybridized carbons (Fsp3) is 0.920. The Kier molecular flexibility index (Phi) is 44.7. The summed E-state index contributed by atoms with van der Waals surface area (Å²) in [5.74, 6) is 9.29. The van der Waals surface area contributed by atoms with Crippen molar-refractivity contribution in [2.24, 2.45) is 80.8 Å². The molecule has 5 aliphatic rings. The van der Waals surface area contributed by atoms with E-state index < -0.39 is 0 Å². The SMILES string of the molecule is CC(C)C1(CCC2CC2)CCC1.CC(C)C1CCCCC1.CC(C)Cc1ccccc1.CCC1(C(C)C)CCC1.CCCC1(C(C)C)CCC1.CCCCC(C)(C)C(C)C.CCCCC(C)C.CCCCCC(C)C. The van der Waals surface area contributed by atoms with Gasteiger partial charge in [0.1, 0.15) is 0 Å². The molecule has 0 saturated heterocycles. The van der Waals surface area contributed by atoms with Crippen LogP contribution in [0.1, 0.15) is 364 Å². The highest BCUT2D eigenvalue weighted by molar-refractivity contribution is 5.14. The Morgan fingerprint density at radius 1 is 0.453 bits per heavy atom. The lowest BCUT2D eigenvalue weighted by atomic mass is 9.59. The molecule has 448 valence electrons. The lowest BCUT2D eigenvalue weighted by molar-refractivity contribution is 0.0531. The molecule has 0 radical (unpaired) electrons. The molecule has 0 atom stereocenters. The van der Waals surface area contributed by atoms with Crippen LogP contribution in [0.15, 0.2) is 30.3 Å². The topological polar surface area (TPSA) is 0 Å². The van der Waals surface area contributed by atoms with Crippen LogP contribution in [0.4, 0.5) is 0 Å². The van der Waals surface area contributed by atoms with Gasteiger partial charge in [-0.1, -0.05) is 324 Å². The standard InChI is InChI=1S/C12H22.C10H14.C10H20.C10H22.2C9H18.C8H18.C7H16/c1-10(2)12(7-3-8-12)9-6-11-4-5-11;1-9(2)8-10-6-4-3-5-7-10;1-4-6-10(9(2)3)7-5-8-10;1-6-7-8-10(4,5)9(2)3;1-8(2)9-6-4-3-5-7-9;1-4-9(8(2)3)6-5-7-9;1-4-5-6-7-8(2)3;1-4-5-6-7(2)3/h10-11H,3-9H2,1-2H3;3-7,9H,8H2,1-2H3;9H,4-8H2,1-3H3;9H,6-8H2,1-5H3;8-9H,3-7H2,1-2H3;8H,4-7H2,1-3H3;8H,4-7H2,1-3H3;7H,4-6H2,1-3H3. The van der Waals surface area contributed by atoms with Gasteiger partial charge in [-0.05, 0) is 157 Å². The van der Waals surface area contributed by atoms with Crippen molar-refractivity contribution in [1.82, 2.24) is 0 Å². The van der Waals surface area contributed by atoms with Crippen molar-refractivity contribution >= 4 is 0 Å². The van der Waals surface area contributed by atoms with Gasteiger partial charge in [0.25, 0.3) is 0 Å². The van der Waals surface area contributed by atoms with Gasteiger partial charge in [0.15, 0.2) is 0 Å². The quantitative estimate of drug-likeness (QED) is 0.0959. The molecule has 0 aromatic heterocycles. The third kappa shape index (κ3) is 36.2. The van der Waals surface area contributed by atoms with Crippen molar-refractivity contribution in [2.45, 2.75) is 365 Å². The minimum absolute atomic E-state index is 0.552. The fourth-order valence-corrected chi connectivity index (χ4v) is 12.1. The van der Waals surface area contributed by atoms with Gasteiger partial charge in [-0.25, -0.2) is 0 Å². The smallest absolute Gasteiger partial charge is 0.0256 e. The summed E-state index contributed by atoms with van der Waals surface area (Å²) >= 11 is 0. The summed E-state index contributed by atoms with van der Waals surface area (Å²) in [6, 6.07) is 10.6. The Labute approximate surface area is 479 Å². The molecule has 0 heterocycles. The summed E-state index contributed by atoms with van der Waals surface area (Å²) in [4.78, 5) is 0. The Morgan fingerprint density at radius 3 is 1.16 bits per heavy atom. The zero-order chi connectivity index (χ0) is 57.5. The molecule has 0 N–H and O–H groups in total. The number of hydrogen-bond donors (Lipinski definition) is 0. The number of benzene rings is 1. The highest BCUT2D eigenvalue weighted by Gasteiger charge is 2.41. The van der Waals surface area contributed by atoms with E-state index in [0.29, 0.717) is 5.41 Å². The molecule has 0 nitrogen and oxygen atoms in total. The van der Waals surface area contributed by atoms with Crippen LogP contribution in [-0.4, -0.2) is 0 Å². The summed E-state index contributed by atoms with van der Waals surface area (Å²) < 4.78 is 0. The maximum atomic E-state index is 2.42. The molecule has 0 spiro atoms. The van der Waals surface area contributed by atoms with Crippen LogP contribution in [-0.2, 0) is 6.42 Å². The molecule has 1 aromatic carbocycles. The van der Waals surface area contributed by atoms with Crippen molar-refractivity contribution in [3.05, 3.63) is 35.9 Å². The van der Waals surface area contributed by atoms with Crippen molar-refractivity contribution in [1.29, 1.82) is 0 Å². The lowest BCUT2D eigenvalue weighted by Gasteiger charge is -2.46. The molecular weight excluding hydrogens is 901 g/mol. The summed E-state index contributed by atoms with van der Waals surface area (Å²) in [6.45, 7) is 53.4. The van der Waals surface area contributed by atoms with Gasteiger partial charge in [-0.3, -0.25) is 0 Å². The molecule has 6 rings (SSSR count). The van der Waals surface area contributed by atoms with Crippen molar-refractivity contribution in [2.75, 3.05) is 0 Å². The first-order valence-corrected chi connectivity index (χ1v) is 34.3. The van der Waals surface area contributed by atoms with Crippen LogP contribution in [0, 0.1) is 80.8 Å². The van der Waals surface area contributed by atoms with E-state index in [1.165, 1.54) is 211 Å². The highest BCUT2D eigenvalue weighted by atomic mass is 14.5. The van der Waals surface area contributed by atoms with Crippen LogP contribution < -0.4 is 0 Å². The minimum Gasteiger partial charge on any atom is -0.0654 e. The molecule has 5 fully saturated rings. The van der Waals surface area contributed by atoms with Gasteiger partial charge in [0.2, 0.25) is 0 Å². The molecule has 0 heteroatoms. The van der Waals surface area contributed by atoms with Gasteiger partial charge in [-0.15, -0.1) is 0 Å². The zero-order valence-corrected chi connectivity index (χ0v) is 56.8. The van der Waals surface area contributed by atoms with Crippen molar-refractivity contribution in [3.8, 4) is 0 Å². The molecule has 5 aliphatic carbocycles. The monoisotopic (exact) mass is 1050 g/mol. The molecule has 5 saturated carbocycles. The van der Waals surface area contributed by atoms with E-state index in [1.807, 2.05) is 0 Å². The minimum atomic E-state index is 0.552. The first kappa shape index (κ1) is 76.3. The van der Waals surface area contributed by atoms with Crippen LogP contribution >= 0.6 is 0 Å². The van der Waals surface area contributed by atoms with Crippen molar-refractivity contribution in [3.63, 3.8) is 0 Å². The van der Waals surface area contributed by atoms with Gasteiger partial charge in [0.05, 0.1) is 0 Å². The summed E-state index contributed by atoms with van der Waals surface area (Å²) in [6.07, 6.45) is 46.4. The molecule has 0 aliphatic heterocycles. The number of unbranched alkanes of at least 4 members (excludes halogenated alkanes) is 4. The zero-order valence-electron chi connectivity index (χ0n) is 56.8. The third-order valence-electron chi connectivity index (χ3n) is 20.3. The predicted molar refractivity (Wildman–Crippen MR) is 348 cm³/mol. The number of hydrogen-bond acceptors (Lipinski definition) is 0. The maximum Gasteiger partial charge on any atom is -0.0256 e.